The number of H-pyrrole nitrogens is 1. The fourth-order valence-electron chi connectivity index (χ4n) is 2.15. The van der Waals surface area contributed by atoms with Crippen molar-refractivity contribution in [2.75, 3.05) is 11.4 Å². The lowest BCUT2D eigenvalue weighted by Crippen LogP contribution is -2.44. The third kappa shape index (κ3) is 1.11. The molecule has 82 valence electrons. The average Bonchev–Trinajstić information content (AvgIpc) is 2.77. The predicted molar refractivity (Wildman–Crippen MR) is 61.3 cm³/mol. The predicted octanol–water partition coefficient (Wildman–Crippen LogP) is 1.61. The van der Waals surface area contributed by atoms with E-state index in [1.165, 1.54) is 0 Å². The first-order valence-electron chi connectivity index (χ1n) is 5.31. The minimum atomic E-state index is -0.0382. The minimum absolute atomic E-state index is 0.0382. The molecule has 5 heteroatoms. The van der Waals surface area contributed by atoms with Crippen molar-refractivity contribution in [1.82, 2.24) is 15.3 Å². The summed E-state index contributed by atoms with van der Waals surface area (Å²) in [5, 5.41) is 3.84. The van der Waals surface area contributed by atoms with Crippen LogP contribution in [0.3, 0.4) is 0 Å². The summed E-state index contributed by atoms with van der Waals surface area (Å²) in [6.07, 6.45) is 3.66. The number of pyridine rings is 1. The van der Waals surface area contributed by atoms with Gasteiger partial charge in [0.05, 0.1) is 5.69 Å². The van der Waals surface area contributed by atoms with Crippen LogP contribution in [-0.2, 0) is 6.54 Å². The molecule has 0 saturated heterocycles. The third-order valence-corrected chi connectivity index (χ3v) is 2.90. The zero-order valence-electron chi connectivity index (χ0n) is 8.95. The van der Waals surface area contributed by atoms with E-state index in [0.29, 0.717) is 13.1 Å². The van der Waals surface area contributed by atoms with Crippen LogP contribution in [0.4, 0.5) is 10.5 Å². The number of anilines is 1. The van der Waals surface area contributed by atoms with Gasteiger partial charge >= 0.3 is 6.03 Å². The lowest BCUT2D eigenvalue weighted by molar-refractivity contribution is 0.245. The summed E-state index contributed by atoms with van der Waals surface area (Å²) in [5.41, 5.74) is 2.87. The van der Waals surface area contributed by atoms with Crippen LogP contribution in [0.15, 0.2) is 18.5 Å². The van der Waals surface area contributed by atoms with Gasteiger partial charge in [-0.2, -0.15) is 0 Å². The van der Waals surface area contributed by atoms with Gasteiger partial charge in [-0.15, -0.1) is 0 Å². The van der Waals surface area contributed by atoms with Crippen LogP contribution >= 0.6 is 0 Å². The molecule has 3 rings (SSSR count). The number of nitrogens with zero attached hydrogens (tertiary/aromatic N) is 2. The van der Waals surface area contributed by atoms with Gasteiger partial charge in [0.2, 0.25) is 0 Å². The Morgan fingerprint density at radius 1 is 1.56 bits per heavy atom. The molecular weight excluding hydrogens is 204 g/mol. The number of nitrogens with one attached hydrogen (secondary N) is 2. The second-order valence-corrected chi connectivity index (χ2v) is 3.77. The number of carbonyl (C=O) groups is 1. The number of amides is 2. The van der Waals surface area contributed by atoms with E-state index in [1.54, 1.807) is 4.90 Å². The van der Waals surface area contributed by atoms with Gasteiger partial charge in [0.25, 0.3) is 0 Å². The number of urea groups is 1. The van der Waals surface area contributed by atoms with E-state index in [1.807, 2.05) is 25.4 Å². The van der Waals surface area contributed by atoms with Gasteiger partial charge in [0.15, 0.2) is 0 Å². The summed E-state index contributed by atoms with van der Waals surface area (Å²) in [6.45, 7) is 3.18. The quantitative estimate of drug-likeness (QED) is 0.760. The Bertz CT molecular complexity index is 560. The number of aromatic nitrogens is 2. The maximum atomic E-state index is 11.7. The lowest BCUT2D eigenvalue weighted by atomic mass is 10.1. The number of fused-ring (bicyclic) bond motifs is 3. The molecule has 0 saturated carbocycles. The molecule has 0 fully saturated rings. The molecule has 16 heavy (non-hydrogen) atoms. The van der Waals surface area contributed by atoms with Crippen LogP contribution in [0.25, 0.3) is 11.0 Å². The van der Waals surface area contributed by atoms with Crippen LogP contribution in [0.1, 0.15) is 12.5 Å². The van der Waals surface area contributed by atoms with Gasteiger partial charge < -0.3 is 10.3 Å². The number of hydrogen-bond acceptors (Lipinski definition) is 2. The summed E-state index contributed by atoms with van der Waals surface area (Å²) < 4.78 is 0. The van der Waals surface area contributed by atoms with Crippen LogP contribution in [-0.4, -0.2) is 22.5 Å². The van der Waals surface area contributed by atoms with Gasteiger partial charge in [-0.05, 0) is 13.0 Å². The molecule has 1 aliphatic heterocycles. The molecular formula is C11H12N4O. The zero-order chi connectivity index (χ0) is 11.1. The monoisotopic (exact) mass is 216 g/mol. The Morgan fingerprint density at radius 3 is 3.25 bits per heavy atom. The second-order valence-electron chi connectivity index (χ2n) is 3.77. The first-order valence-corrected chi connectivity index (χ1v) is 5.31. The summed E-state index contributed by atoms with van der Waals surface area (Å²) in [4.78, 5) is 20.9. The Hall–Kier alpha value is -2.04. The fraction of sp³-hybridized carbons (Fsp3) is 0.273. The normalized spacial score (nSPS) is 15.1. The summed E-state index contributed by atoms with van der Waals surface area (Å²) >= 11 is 0. The van der Waals surface area contributed by atoms with Crippen LogP contribution < -0.4 is 10.2 Å². The van der Waals surface area contributed by atoms with E-state index in [9.17, 15) is 4.79 Å². The van der Waals surface area contributed by atoms with Gasteiger partial charge in [-0.3, -0.25) is 4.90 Å². The molecule has 0 unspecified atom stereocenters. The van der Waals surface area contributed by atoms with Crippen molar-refractivity contribution in [1.29, 1.82) is 0 Å². The van der Waals surface area contributed by atoms with E-state index in [-0.39, 0.29) is 6.03 Å². The van der Waals surface area contributed by atoms with Crippen molar-refractivity contribution in [2.24, 2.45) is 0 Å². The minimum Gasteiger partial charge on any atom is -0.346 e. The summed E-state index contributed by atoms with van der Waals surface area (Å²) in [7, 11) is 0. The van der Waals surface area contributed by atoms with E-state index in [0.717, 1.165) is 22.3 Å². The van der Waals surface area contributed by atoms with Crippen molar-refractivity contribution in [2.45, 2.75) is 13.5 Å². The molecule has 0 aliphatic carbocycles. The summed E-state index contributed by atoms with van der Waals surface area (Å²) in [5.74, 6) is 0. The van der Waals surface area contributed by atoms with E-state index < -0.39 is 0 Å². The van der Waals surface area contributed by atoms with Crippen molar-refractivity contribution >= 4 is 22.8 Å². The molecule has 0 spiro atoms. The SMILES string of the molecule is CCN1C(=O)NCc2cnc3[nH]ccc3c21. The van der Waals surface area contributed by atoms with Crippen LogP contribution in [0.2, 0.25) is 0 Å². The number of rotatable bonds is 1. The largest absolute Gasteiger partial charge is 0.346 e. The van der Waals surface area contributed by atoms with E-state index >= 15 is 0 Å². The maximum absolute atomic E-state index is 11.7. The Labute approximate surface area is 92.5 Å². The highest BCUT2D eigenvalue weighted by Crippen LogP contribution is 2.31. The maximum Gasteiger partial charge on any atom is 0.322 e. The highest BCUT2D eigenvalue weighted by atomic mass is 16.2. The fourth-order valence-corrected chi connectivity index (χ4v) is 2.15. The molecule has 2 amide bonds. The van der Waals surface area contributed by atoms with Crippen molar-refractivity contribution in [3.63, 3.8) is 0 Å². The summed E-state index contributed by atoms with van der Waals surface area (Å²) in [6, 6.07) is 1.92. The Balaban J connectivity index is 2.31. The Morgan fingerprint density at radius 2 is 2.44 bits per heavy atom. The van der Waals surface area contributed by atoms with E-state index in [4.69, 9.17) is 0 Å². The lowest BCUT2D eigenvalue weighted by Gasteiger charge is -2.29. The molecule has 5 nitrogen and oxygen atoms in total. The highest BCUT2D eigenvalue weighted by Gasteiger charge is 2.24. The molecule has 2 aromatic rings. The smallest absolute Gasteiger partial charge is 0.322 e. The second kappa shape index (κ2) is 3.23. The van der Waals surface area contributed by atoms with Gasteiger partial charge in [-0.1, -0.05) is 0 Å². The average molecular weight is 216 g/mol. The Kier molecular flexibility index (Phi) is 1.86. The topological polar surface area (TPSA) is 61.0 Å². The third-order valence-electron chi connectivity index (χ3n) is 2.90. The number of hydrogen-bond donors (Lipinski definition) is 2. The van der Waals surface area contributed by atoms with Crippen molar-refractivity contribution < 1.29 is 4.79 Å². The molecule has 2 N–H and O–H groups in total. The zero-order valence-corrected chi connectivity index (χ0v) is 8.95. The van der Waals surface area contributed by atoms with Crippen LogP contribution in [0, 0.1) is 0 Å². The highest BCUT2D eigenvalue weighted by molar-refractivity contribution is 6.04. The van der Waals surface area contributed by atoms with Gasteiger partial charge in [-0.25, -0.2) is 9.78 Å². The standard InChI is InChI=1S/C11H12N4O/c1-2-15-9-7(6-14-11(15)16)5-13-10-8(9)3-4-12-10/h3-5H,2,6H2,1H3,(H,12,13)(H,14,16). The molecule has 0 aromatic carbocycles. The number of aromatic amines is 1. The first kappa shape index (κ1) is 9.21. The van der Waals surface area contributed by atoms with Crippen LogP contribution in [0.5, 0.6) is 0 Å². The molecule has 0 radical (unpaired) electrons. The molecule has 3 heterocycles. The first-order chi connectivity index (χ1) is 7.81. The van der Waals surface area contributed by atoms with Crippen molar-refractivity contribution in [3.05, 3.63) is 24.0 Å². The number of carbonyl (C=O) groups excluding carboxylic acids is 1. The molecule has 2 aromatic heterocycles. The van der Waals surface area contributed by atoms with Gasteiger partial charge in [0, 0.05) is 36.4 Å². The van der Waals surface area contributed by atoms with Crippen molar-refractivity contribution in [3.8, 4) is 0 Å². The molecule has 1 aliphatic rings. The van der Waals surface area contributed by atoms with Gasteiger partial charge in [0.1, 0.15) is 5.65 Å². The molecule has 0 bridgehead atoms. The van der Waals surface area contributed by atoms with E-state index in [2.05, 4.69) is 15.3 Å². The molecule has 0 atom stereocenters.